The Morgan fingerprint density at radius 1 is 1.12 bits per heavy atom. The maximum atomic E-state index is 12.4. The second-order valence-corrected chi connectivity index (χ2v) is 5.37. The van der Waals surface area contributed by atoms with Gasteiger partial charge in [0.25, 0.3) is 0 Å². The molecule has 0 aliphatic rings. The molecule has 3 aromatic rings. The highest BCUT2D eigenvalue weighted by molar-refractivity contribution is 5.97. The Hall–Kier alpha value is -3.54. The van der Waals surface area contributed by atoms with E-state index in [1.807, 2.05) is 36.4 Å². The molecule has 0 spiro atoms. The fourth-order valence-electron chi connectivity index (χ4n) is 2.35. The minimum absolute atomic E-state index is 0.142. The van der Waals surface area contributed by atoms with E-state index in [-0.39, 0.29) is 17.9 Å². The standard InChI is InChI=1S/C20H17N3O3/c1-2-26-20(24)17-13-21-19(15-9-5-3-6-10-15)22-18(17)14-23(25)16-11-7-4-8-12-16/h3-14H,2H2,1H3. The van der Waals surface area contributed by atoms with Gasteiger partial charge in [-0.2, -0.15) is 4.74 Å². The summed E-state index contributed by atoms with van der Waals surface area (Å²) < 4.78 is 5.71. The van der Waals surface area contributed by atoms with E-state index < -0.39 is 5.97 Å². The summed E-state index contributed by atoms with van der Waals surface area (Å²) in [6, 6.07) is 18.0. The normalized spacial score (nSPS) is 11.2. The van der Waals surface area contributed by atoms with E-state index in [0.29, 0.717) is 16.3 Å². The molecule has 26 heavy (non-hydrogen) atoms. The van der Waals surface area contributed by atoms with Crippen LogP contribution in [0.25, 0.3) is 11.4 Å². The highest BCUT2D eigenvalue weighted by Gasteiger charge is 2.18. The van der Waals surface area contributed by atoms with Crippen LogP contribution in [-0.4, -0.2) is 33.5 Å². The Kier molecular flexibility index (Phi) is 5.34. The molecule has 0 fully saturated rings. The highest BCUT2D eigenvalue weighted by atomic mass is 16.5. The van der Waals surface area contributed by atoms with Gasteiger partial charge in [-0.3, -0.25) is 0 Å². The van der Waals surface area contributed by atoms with Crippen molar-refractivity contribution in [2.75, 3.05) is 6.61 Å². The molecule has 0 amide bonds. The van der Waals surface area contributed by atoms with Crippen molar-refractivity contribution in [1.29, 1.82) is 0 Å². The van der Waals surface area contributed by atoms with Gasteiger partial charge >= 0.3 is 5.97 Å². The first-order valence-corrected chi connectivity index (χ1v) is 8.15. The summed E-state index contributed by atoms with van der Waals surface area (Å²) in [6.07, 6.45) is 2.65. The Labute approximate surface area is 151 Å². The third-order valence-electron chi connectivity index (χ3n) is 3.60. The van der Waals surface area contributed by atoms with Crippen LogP contribution in [0.4, 0.5) is 5.69 Å². The number of para-hydroxylation sites is 1. The lowest BCUT2D eigenvalue weighted by Crippen LogP contribution is -2.13. The molecule has 0 saturated carbocycles. The number of benzene rings is 2. The third-order valence-corrected chi connectivity index (χ3v) is 3.60. The van der Waals surface area contributed by atoms with Crippen LogP contribution in [0.5, 0.6) is 0 Å². The van der Waals surface area contributed by atoms with E-state index in [4.69, 9.17) is 4.74 Å². The van der Waals surface area contributed by atoms with Gasteiger partial charge < -0.3 is 9.94 Å². The number of ether oxygens (including phenoxy) is 1. The Morgan fingerprint density at radius 3 is 2.42 bits per heavy atom. The second-order valence-electron chi connectivity index (χ2n) is 5.37. The maximum absolute atomic E-state index is 12.4. The fraction of sp³-hybridized carbons (Fsp3) is 0.100. The van der Waals surface area contributed by atoms with Crippen molar-refractivity contribution < 1.29 is 14.3 Å². The lowest BCUT2D eigenvalue weighted by molar-refractivity contribution is -0.354. The maximum Gasteiger partial charge on any atom is 0.342 e. The summed E-state index contributed by atoms with van der Waals surface area (Å²) in [5.41, 5.74) is 1.57. The molecular weight excluding hydrogens is 330 g/mol. The van der Waals surface area contributed by atoms with E-state index >= 15 is 0 Å². The minimum atomic E-state index is -0.570. The number of aromatic nitrogens is 2. The molecule has 1 aromatic heterocycles. The van der Waals surface area contributed by atoms with Crippen molar-refractivity contribution >= 4 is 17.9 Å². The van der Waals surface area contributed by atoms with E-state index in [9.17, 15) is 10.0 Å². The van der Waals surface area contributed by atoms with E-state index in [1.54, 1.807) is 31.2 Å². The van der Waals surface area contributed by atoms with Gasteiger partial charge in [0.05, 0.1) is 6.61 Å². The van der Waals surface area contributed by atoms with E-state index in [2.05, 4.69) is 9.97 Å². The van der Waals surface area contributed by atoms with Crippen LogP contribution in [0.3, 0.4) is 0 Å². The van der Waals surface area contributed by atoms with Crippen LogP contribution in [-0.2, 0) is 4.74 Å². The highest BCUT2D eigenvalue weighted by Crippen LogP contribution is 2.17. The summed E-state index contributed by atoms with van der Waals surface area (Å²) in [5, 5.41) is 12.4. The SMILES string of the molecule is CCOC(=O)c1cnc(-c2ccccc2)nc1C=[N+]([O-])c1ccccc1. The van der Waals surface area contributed by atoms with Crippen LogP contribution in [0.2, 0.25) is 0 Å². The predicted octanol–water partition coefficient (Wildman–Crippen LogP) is 3.58. The lowest BCUT2D eigenvalue weighted by Gasteiger charge is -2.08. The summed E-state index contributed by atoms with van der Waals surface area (Å²) >= 11 is 0. The van der Waals surface area contributed by atoms with Gasteiger partial charge in [-0.15, -0.1) is 0 Å². The van der Waals surface area contributed by atoms with Crippen LogP contribution >= 0.6 is 0 Å². The summed E-state index contributed by atoms with van der Waals surface area (Å²) in [5.74, 6) is -0.147. The zero-order valence-electron chi connectivity index (χ0n) is 14.2. The quantitative estimate of drug-likeness (QED) is 0.232. The molecule has 0 unspecified atom stereocenters. The topological polar surface area (TPSA) is 78.1 Å². The van der Waals surface area contributed by atoms with E-state index in [1.165, 1.54) is 12.4 Å². The van der Waals surface area contributed by atoms with Gasteiger partial charge in [0.2, 0.25) is 11.9 Å². The van der Waals surface area contributed by atoms with Gasteiger partial charge in [-0.05, 0) is 6.92 Å². The summed E-state index contributed by atoms with van der Waals surface area (Å²) in [6.45, 7) is 1.93. The molecule has 0 radical (unpaired) electrons. The first-order chi connectivity index (χ1) is 12.7. The predicted molar refractivity (Wildman–Crippen MR) is 98.3 cm³/mol. The zero-order valence-corrected chi connectivity index (χ0v) is 14.2. The molecule has 6 heteroatoms. The summed E-state index contributed by atoms with van der Waals surface area (Å²) in [7, 11) is 0. The number of rotatable bonds is 5. The number of carbonyl (C=O) groups excluding carboxylic acids is 1. The molecular formula is C20H17N3O3. The Bertz CT molecular complexity index is 926. The zero-order chi connectivity index (χ0) is 18.4. The van der Waals surface area contributed by atoms with Crippen LogP contribution in [0.1, 0.15) is 23.0 Å². The van der Waals surface area contributed by atoms with E-state index in [0.717, 1.165) is 5.56 Å². The first kappa shape index (κ1) is 17.3. The van der Waals surface area contributed by atoms with Gasteiger partial charge in [0.1, 0.15) is 11.3 Å². The molecule has 0 atom stereocenters. The largest absolute Gasteiger partial charge is 0.618 e. The van der Waals surface area contributed by atoms with Crippen molar-refractivity contribution in [3.63, 3.8) is 0 Å². The number of esters is 1. The van der Waals surface area contributed by atoms with Gasteiger partial charge in [0, 0.05) is 23.9 Å². The average Bonchev–Trinajstić information content (AvgIpc) is 2.69. The Balaban J connectivity index is 2.08. The van der Waals surface area contributed by atoms with Crippen molar-refractivity contribution in [3.05, 3.63) is 83.3 Å². The van der Waals surface area contributed by atoms with Gasteiger partial charge in [0.15, 0.2) is 5.82 Å². The van der Waals surface area contributed by atoms with Gasteiger partial charge in [-0.25, -0.2) is 14.8 Å². The fourth-order valence-corrected chi connectivity index (χ4v) is 2.35. The van der Waals surface area contributed by atoms with Crippen LogP contribution in [0, 0.1) is 5.21 Å². The van der Waals surface area contributed by atoms with Gasteiger partial charge in [-0.1, -0.05) is 48.5 Å². The Morgan fingerprint density at radius 2 is 1.77 bits per heavy atom. The first-order valence-electron chi connectivity index (χ1n) is 8.15. The molecule has 2 aromatic carbocycles. The molecule has 1 heterocycles. The molecule has 0 N–H and O–H groups in total. The van der Waals surface area contributed by atoms with Crippen molar-refractivity contribution in [2.24, 2.45) is 0 Å². The molecule has 6 nitrogen and oxygen atoms in total. The third kappa shape index (κ3) is 3.92. The second kappa shape index (κ2) is 8.02. The van der Waals surface area contributed by atoms with Crippen LogP contribution in [0.15, 0.2) is 66.9 Å². The number of hydrogen-bond donors (Lipinski definition) is 0. The average molecular weight is 347 g/mol. The molecule has 3 rings (SSSR count). The van der Waals surface area contributed by atoms with Crippen molar-refractivity contribution in [2.45, 2.75) is 6.92 Å². The van der Waals surface area contributed by atoms with Crippen LogP contribution < -0.4 is 0 Å². The minimum Gasteiger partial charge on any atom is -0.618 e. The molecule has 0 bridgehead atoms. The number of carbonyl (C=O) groups is 1. The van der Waals surface area contributed by atoms with Crippen molar-refractivity contribution in [1.82, 2.24) is 9.97 Å². The summed E-state index contributed by atoms with van der Waals surface area (Å²) in [4.78, 5) is 20.8. The number of hydrogen-bond acceptors (Lipinski definition) is 5. The molecule has 0 saturated heterocycles. The number of nitrogens with zero attached hydrogens (tertiary/aromatic N) is 3. The molecule has 0 aliphatic carbocycles. The molecule has 0 aliphatic heterocycles. The monoisotopic (exact) mass is 347 g/mol. The smallest absolute Gasteiger partial charge is 0.342 e. The molecule has 130 valence electrons. The lowest BCUT2D eigenvalue weighted by atomic mass is 10.2. The van der Waals surface area contributed by atoms with Crippen molar-refractivity contribution in [3.8, 4) is 11.4 Å².